The molecule has 0 aromatic carbocycles. The van der Waals surface area contributed by atoms with E-state index in [9.17, 15) is 4.79 Å². The Morgan fingerprint density at radius 1 is 1.22 bits per heavy atom. The molecule has 2 aromatic rings. The highest BCUT2D eigenvalue weighted by molar-refractivity contribution is 5.95. The van der Waals surface area contributed by atoms with E-state index in [4.69, 9.17) is 0 Å². The lowest BCUT2D eigenvalue weighted by atomic mass is 10.2. The van der Waals surface area contributed by atoms with Crippen LogP contribution < -0.4 is 0 Å². The minimum absolute atomic E-state index is 0.0469. The van der Waals surface area contributed by atoms with Crippen LogP contribution in [0, 0.1) is 6.92 Å². The first-order valence-electron chi connectivity index (χ1n) is 6.26. The average Bonchev–Trinajstić information content (AvgIpc) is 2.92. The van der Waals surface area contributed by atoms with Crippen LogP contribution in [0.5, 0.6) is 0 Å². The summed E-state index contributed by atoms with van der Waals surface area (Å²) in [7, 11) is 0. The van der Waals surface area contributed by atoms with Crippen LogP contribution >= 0.6 is 0 Å². The monoisotopic (exact) mass is 241 g/mol. The summed E-state index contributed by atoms with van der Waals surface area (Å²) in [5.41, 5.74) is 2.41. The van der Waals surface area contributed by atoms with Crippen LogP contribution in [0.2, 0.25) is 0 Å². The lowest BCUT2D eigenvalue weighted by molar-refractivity contribution is 0.0787. The zero-order valence-corrected chi connectivity index (χ0v) is 10.4. The van der Waals surface area contributed by atoms with Gasteiger partial charge >= 0.3 is 0 Å². The molecule has 1 aliphatic heterocycles. The Balaban J connectivity index is 2.02. The van der Waals surface area contributed by atoms with Gasteiger partial charge in [0.2, 0.25) is 0 Å². The third-order valence-corrected chi connectivity index (χ3v) is 3.39. The highest BCUT2D eigenvalue weighted by Crippen LogP contribution is 2.17. The molecule has 0 spiro atoms. The van der Waals surface area contributed by atoms with Crippen molar-refractivity contribution in [1.29, 1.82) is 0 Å². The number of likely N-dealkylation sites (tertiary alicyclic amines) is 1. The minimum atomic E-state index is 0.0469. The topological polar surface area (TPSA) is 46.1 Å². The fraction of sp³-hybridized carbons (Fsp3) is 0.357. The van der Waals surface area contributed by atoms with E-state index in [1.165, 1.54) is 0 Å². The Morgan fingerprint density at radius 3 is 2.78 bits per heavy atom. The molecule has 92 valence electrons. The normalized spacial score (nSPS) is 15.3. The van der Waals surface area contributed by atoms with Crippen molar-refractivity contribution in [2.75, 3.05) is 13.1 Å². The Labute approximate surface area is 106 Å². The summed E-state index contributed by atoms with van der Waals surface area (Å²) in [6, 6.07) is 3.72. The van der Waals surface area contributed by atoms with Gasteiger partial charge in [0.25, 0.3) is 5.91 Å². The van der Waals surface area contributed by atoms with E-state index in [0.29, 0.717) is 5.69 Å². The Bertz CT molecular complexity index is 603. The third-order valence-electron chi connectivity index (χ3n) is 3.39. The highest BCUT2D eigenvalue weighted by Gasteiger charge is 2.20. The zero-order chi connectivity index (χ0) is 12.5. The second-order valence-electron chi connectivity index (χ2n) is 4.72. The number of fused-ring (bicyclic) bond motifs is 1. The number of aromatic nitrogens is 2. The first kappa shape index (κ1) is 11.1. The van der Waals surface area contributed by atoms with Gasteiger partial charge in [0.15, 0.2) is 0 Å². The molecule has 1 fully saturated rings. The van der Waals surface area contributed by atoms with Crippen LogP contribution in [0.15, 0.2) is 24.5 Å². The Morgan fingerprint density at radius 2 is 2.00 bits per heavy atom. The van der Waals surface area contributed by atoms with Crippen LogP contribution in [-0.4, -0.2) is 33.9 Å². The molecule has 3 heterocycles. The van der Waals surface area contributed by atoms with Crippen molar-refractivity contribution in [3.63, 3.8) is 0 Å². The van der Waals surface area contributed by atoms with Crippen molar-refractivity contribution in [2.45, 2.75) is 19.8 Å². The molecule has 1 amide bonds. The summed E-state index contributed by atoms with van der Waals surface area (Å²) in [5.74, 6) is 0.0469. The van der Waals surface area contributed by atoms with Gasteiger partial charge in [-0.3, -0.25) is 9.78 Å². The summed E-state index contributed by atoms with van der Waals surface area (Å²) in [6.07, 6.45) is 5.75. The molecule has 0 aliphatic carbocycles. The number of carbonyl (C=O) groups excluding carboxylic acids is 1. The summed E-state index contributed by atoms with van der Waals surface area (Å²) < 4.78 is 0. The molecular formula is C14H15N3O. The molecule has 0 saturated carbocycles. The minimum Gasteiger partial charge on any atom is -0.337 e. The SMILES string of the molecule is Cc1cncc2ccc(C(=O)N3CCCC3)nc12. The maximum Gasteiger partial charge on any atom is 0.272 e. The Kier molecular flexibility index (Phi) is 2.70. The predicted octanol–water partition coefficient (Wildman–Crippen LogP) is 2.17. The van der Waals surface area contributed by atoms with Crippen molar-refractivity contribution in [1.82, 2.24) is 14.9 Å². The van der Waals surface area contributed by atoms with E-state index in [0.717, 1.165) is 42.4 Å². The number of pyridine rings is 2. The van der Waals surface area contributed by atoms with Crippen LogP contribution in [0.25, 0.3) is 10.9 Å². The maximum atomic E-state index is 12.2. The predicted molar refractivity (Wildman–Crippen MR) is 69.4 cm³/mol. The number of amides is 1. The second kappa shape index (κ2) is 4.37. The van der Waals surface area contributed by atoms with E-state index in [2.05, 4.69) is 9.97 Å². The second-order valence-corrected chi connectivity index (χ2v) is 4.72. The largest absolute Gasteiger partial charge is 0.337 e. The van der Waals surface area contributed by atoms with Crippen LogP contribution in [0.3, 0.4) is 0 Å². The van der Waals surface area contributed by atoms with Gasteiger partial charge in [-0.15, -0.1) is 0 Å². The summed E-state index contributed by atoms with van der Waals surface area (Å²) in [4.78, 5) is 22.7. The molecule has 0 radical (unpaired) electrons. The van der Waals surface area contributed by atoms with Gasteiger partial charge in [0.1, 0.15) is 5.69 Å². The highest BCUT2D eigenvalue weighted by atomic mass is 16.2. The number of rotatable bonds is 1. The molecule has 4 heteroatoms. The van der Waals surface area contributed by atoms with Gasteiger partial charge < -0.3 is 4.90 Å². The van der Waals surface area contributed by atoms with E-state index in [1.54, 1.807) is 18.5 Å². The fourth-order valence-electron chi connectivity index (χ4n) is 2.38. The quantitative estimate of drug-likeness (QED) is 0.768. The van der Waals surface area contributed by atoms with Gasteiger partial charge in [-0.05, 0) is 37.5 Å². The van der Waals surface area contributed by atoms with E-state index >= 15 is 0 Å². The molecule has 3 rings (SSSR count). The molecule has 0 atom stereocenters. The molecule has 1 aliphatic rings. The first-order chi connectivity index (χ1) is 8.75. The summed E-state index contributed by atoms with van der Waals surface area (Å²) in [5, 5.41) is 0.980. The van der Waals surface area contributed by atoms with Gasteiger partial charge in [0.05, 0.1) is 5.52 Å². The number of hydrogen-bond donors (Lipinski definition) is 0. The van der Waals surface area contributed by atoms with Crippen molar-refractivity contribution < 1.29 is 4.79 Å². The first-order valence-corrected chi connectivity index (χ1v) is 6.26. The van der Waals surface area contributed by atoms with E-state index < -0.39 is 0 Å². The van der Waals surface area contributed by atoms with Crippen molar-refractivity contribution in [3.05, 3.63) is 35.8 Å². The molecule has 1 saturated heterocycles. The van der Waals surface area contributed by atoms with Crippen molar-refractivity contribution >= 4 is 16.8 Å². The number of hydrogen-bond acceptors (Lipinski definition) is 3. The Hall–Kier alpha value is -1.97. The van der Waals surface area contributed by atoms with Crippen molar-refractivity contribution in [3.8, 4) is 0 Å². The molecule has 0 bridgehead atoms. The van der Waals surface area contributed by atoms with Gasteiger partial charge in [-0.2, -0.15) is 0 Å². The van der Waals surface area contributed by atoms with Crippen LogP contribution in [0.4, 0.5) is 0 Å². The van der Waals surface area contributed by atoms with Crippen molar-refractivity contribution in [2.24, 2.45) is 0 Å². The molecule has 0 unspecified atom stereocenters. The standard InChI is InChI=1S/C14H15N3O/c1-10-8-15-9-11-4-5-12(16-13(10)11)14(18)17-6-2-3-7-17/h4-5,8-9H,2-3,6-7H2,1H3. The molecule has 18 heavy (non-hydrogen) atoms. The van der Waals surface area contributed by atoms with Crippen LogP contribution in [-0.2, 0) is 0 Å². The lowest BCUT2D eigenvalue weighted by Gasteiger charge is -2.14. The maximum absolute atomic E-state index is 12.2. The average molecular weight is 241 g/mol. The molecule has 2 aromatic heterocycles. The van der Waals surface area contributed by atoms with Crippen LogP contribution in [0.1, 0.15) is 28.9 Å². The van der Waals surface area contributed by atoms with Gasteiger partial charge in [0, 0.05) is 30.9 Å². The molecule has 4 nitrogen and oxygen atoms in total. The number of nitrogens with zero attached hydrogens (tertiary/aromatic N) is 3. The van der Waals surface area contributed by atoms with Gasteiger partial charge in [-0.1, -0.05) is 0 Å². The lowest BCUT2D eigenvalue weighted by Crippen LogP contribution is -2.28. The zero-order valence-electron chi connectivity index (χ0n) is 10.4. The van der Waals surface area contributed by atoms with Gasteiger partial charge in [-0.25, -0.2) is 4.98 Å². The summed E-state index contributed by atoms with van der Waals surface area (Å²) in [6.45, 7) is 3.67. The molecular weight excluding hydrogens is 226 g/mol. The third kappa shape index (κ3) is 1.83. The summed E-state index contributed by atoms with van der Waals surface area (Å²) >= 11 is 0. The smallest absolute Gasteiger partial charge is 0.272 e. The van der Waals surface area contributed by atoms with E-state index in [-0.39, 0.29) is 5.91 Å². The molecule has 0 N–H and O–H groups in total. The number of carbonyl (C=O) groups is 1. The number of aryl methyl sites for hydroxylation is 1. The fourth-order valence-corrected chi connectivity index (χ4v) is 2.38. The van der Waals surface area contributed by atoms with E-state index in [1.807, 2.05) is 17.9 Å².